The summed E-state index contributed by atoms with van der Waals surface area (Å²) in [6, 6.07) is 1.98. The van der Waals surface area contributed by atoms with E-state index in [0.717, 1.165) is 0 Å². The van der Waals surface area contributed by atoms with Crippen LogP contribution < -0.4 is 0 Å². The van der Waals surface area contributed by atoms with E-state index in [1.54, 1.807) is 20.8 Å². The van der Waals surface area contributed by atoms with E-state index in [2.05, 4.69) is 0 Å². The number of nitrogens with zero attached hydrogens (tertiary/aromatic N) is 1. The fraction of sp³-hybridized carbons (Fsp3) is 0.636. The number of hydrogen-bond acceptors (Lipinski definition) is 3. The lowest BCUT2D eigenvalue weighted by Gasteiger charge is -2.24. The van der Waals surface area contributed by atoms with Crippen LogP contribution in [0.2, 0.25) is 0 Å². The minimum atomic E-state index is -1.32. The second-order valence-electron chi connectivity index (χ2n) is 3.55. The van der Waals surface area contributed by atoms with Crippen molar-refractivity contribution >= 4 is 29.2 Å². The SMILES string of the molecule is CCOC(=O)C(C#N)(C=CC(Cl)Cl)C(C)C. The first kappa shape index (κ1) is 15.3. The smallest absolute Gasteiger partial charge is 0.330 e. The Morgan fingerprint density at radius 2 is 2.12 bits per heavy atom. The minimum absolute atomic E-state index is 0.222. The molecule has 0 rings (SSSR count). The van der Waals surface area contributed by atoms with Gasteiger partial charge in [-0.25, -0.2) is 4.79 Å². The Morgan fingerprint density at radius 1 is 1.56 bits per heavy atom. The molecule has 0 aromatic heterocycles. The molecule has 0 fully saturated rings. The van der Waals surface area contributed by atoms with Gasteiger partial charge in [0.05, 0.1) is 12.7 Å². The van der Waals surface area contributed by atoms with Gasteiger partial charge in [0.2, 0.25) is 0 Å². The summed E-state index contributed by atoms with van der Waals surface area (Å²) in [7, 11) is 0. The highest BCUT2D eigenvalue weighted by molar-refractivity contribution is 6.45. The van der Waals surface area contributed by atoms with Crippen molar-refractivity contribution in [2.75, 3.05) is 6.61 Å². The van der Waals surface area contributed by atoms with E-state index in [9.17, 15) is 4.79 Å². The van der Waals surface area contributed by atoms with Crippen LogP contribution in [0.4, 0.5) is 0 Å². The molecule has 0 aliphatic heterocycles. The highest BCUT2D eigenvalue weighted by atomic mass is 35.5. The molecule has 0 saturated heterocycles. The van der Waals surface area contributed by atoms with Gasteiger partial charge in [0.25, 0.3) is 0 Å². The van der Waals surface area contributed by atoms with Gasteiger partial charge in [-0.15, -0.1) is 23.2 Å². The Bertz CT molecular complexity index is 308. The molecule has 0 saturated carbocycles. The standard InChI is InChI=1S/C11H15Cl2NO2/c1-4-16-10(15)11(7-14,8(2)3)6-5-9(12)13/h5-6,8-9H,4H2,1-3H3. The second kappa shape index (κ2) is 6.78. The van der Waals surface area contributed by atoms with Gasteiger partial charge in [0.1, 0.15) is 4.84 Å². The first-order valence-corrected chi connectivity index (χ1v) is 5.84. The van der Waals surface area contributed by atoms with Crippen LogP contribution in [-0.2, 0) is 9.53 Å². The summed E-state index contributed by atoms with van der Waals surface area (Å²) in [5, 5.41) is 9.17. The van der Waals surface area contributed by atoms with E-state index >= 15 is 0 Å². The molecule has 90 valence electrons. The third-order valence-electron chi connectivity index (χ3n) is 2.21. The Balaban J connectivity index is 5.18. The molecule has 0 bridgehead atoms. The van der Waals surface area contributed by atoms with Crippen molar-refractivity contribution in [2.24, 2.45) is 11.3 Å². The van der Waals surface area contributed by atoms with E-state index < -0.39 is 16.2 Å². The molecule has 16 heavy (non-hydrogen) atoms. The number of carbonyl (C=O) groups excluding carboxylic acids is 1. The van der Waals surface area contributed by atoms with Crippen LogP contribution in [0.15, 0.2) is 12.2 Å². The van der Waals surface area contributed by atoms with E-state index in [1.807, 2.05) is 6.07 Å². The fourth-order valence-electron chi connectivity index (χ4n) is 1.18. The first-order chi connectivity index (χ1) is 7.40. The maximum atomic E-state index is 11.8. The van der Waals surface area contributed by atoms with Gasteiger partial charge in [-0.05, 0) is 12.8 Å². The summed E-state index contributed by atoms with van der Waals surface area (Å²) in [5.41, 5.74) is -1.32. The first-order valence-electron chi connectivity index (χ1n) is 4.96. The van der Waals surface area contributed by atoms with Gasteiger partial charge >= 0.3 is 5.97 Å². The van der Waals surface area contributed by atoms with Gasteiger partial charge in [-0.1, -0.05) is 26.0 Å². The maximum absolute atomic E-state index is 11.8. The number of carbonyl (C=O) groups is 1. The van der Waals surface area contributed by atoms with Crippen molar-refractivity contribution in [3.8, 4) is 6.07 Å². The van der Waals surface area contributed by atoms with Gasteiger partial charge in [0, 0.05) is 0 Å². The lowest BCUT2D eigenvalue weighted by molar-refractivity contribution is -0.151. The zero-order valence-corrected chi connectivity index (χ0v) is 11.0. The van der Waals surface area contributed by atoms with Gasteiger partial charge in [-0.2, -0.15) is 5.26 Å². The molecule has 0 amide bonds. The molecule has 1 unspecified atom stereocenters. The molecule has 0 aliphatic carbocycles. The predicted molar refractivity (Wildman–Crippen MR) is 64.2 cm³/mol. The highest BCUT2D eigenvalue weighted by Gasteiger charge is 2.41. The van der Waals surface area contributed by atoms with Crippen LogP contribution >= 0.6 is 23.2 Å². The van der Waals surface area contributed by atoms with E-state index in [1.165, 1.54) is 12.2 Å². The number of ether oxygens (including phenoxy) is 1. The largest absolute Gasteiger partial charge is 0.465 e. The average molecular weight is 264 g/mol. The molecule has 0 N–H and O–H groups in total. The summed E-state index contributed by atoms with van der Waals surface area (Å²) in [5.74, 6) is -0.794. The number of rotatable bonds is 5. The van der Waals surface area contributed by atoms with Crippen LogP contribution in [0.3, 0.4) is 0 Å². The van der Waals surface area contributed by atoms with Gasteiger partial charge in [-0.3, -0.25) is 0 Å². The molecule has 1 atom stereocenters. The lowest BCUT2D eigenvalue weighted by Crippen LogP contribution is -2.35. The van der Waals surface area contributed by atoms with E-state index in [-0.39, 0.29) is 12.5 Å². The van der Waals surface area contributed by atoms with Crippen LogP contribution in [-0.4, -0.2) is 17.4 Å². The van der Waals surface area contributed by atoms with E-state index in [0.29, 0.717) is 0 Å². The molecule has 3 nitrogen and oxygen atoms in total. The van der Waals surface area contributed by atoms with Crippen molar-refractivity contribution in [3.05, 3.63) is 12.2 Å². The van der Waals surface area contributed by atoms with Crippen LogP contribution in [0, 0.1) is 22.7 Å². The van der Waals surface area contributed by atoms with Crippen molar-refractivity contribution in [2.45, 2.75) is 25.6 Å². The average Bonchev–Trinajstić information content (AvgIpc) is 2.18. The summed E-state index contributed by atoms with van der Waals surface area (Å²) in [4.78, 5) is 11.0. The van der Waals surface area contributed by atoms with Crippen molar-refractivity contribution in [1.82, 2.24) is 0 Å². The number of hydrogen-bond donors (Lipinski definition) is 0. The van der Waals surface area contributed by atoms with Crippen LogP contribution in [0.5, 0.6) is 0 Å². The normalized spacial score (nSPS) is 15.1. The quantitative estimate of drug-likeness (QED) is 0.435. The zero-order chi connectivity index (χ0) is 12.8. The molecule has 0 radical (unpaired) electrons. The third kappa shape index (κ3) is 3.70. The molecule has 0 aliphatic rings. The highest BCUT2D eigenvalue weighted by Crippen LogP contribution is 2.31. The number of alkyl halides is 2. The van der Waals surface area contributed by atoms with Crippen molar-refractivity contribution in [3.63, 3.8) is 0 Å². The molecule has 0 aromatic carbocycles. The topological polar surface area (TPSA) is 50.1 Å². The monoisotopic (exact) mass is 263 g/mol. The summed E-state index contributed by atoms with van der Waals surface area (Å²) >= 11 is 11.1. The predicted octanol–water partition coefficient (Wildman–Crippen LogP) is 3.08. The lowest BCUT2D eigenvalue weighted by atomic mass is 9.78. The van der Waals surface area contributed by atoms with Crippen molar-refractivity contribution < 1.29 is 9.53 Å². The van der Waals surface area contributed by atoms with Crippen molar-refractivity contribution in [1.29, 1.82) is 5.26 Å². The molecular formula is C11H15Cl2NO2. The second-order valence-corrected chi connectivity index (χ2v) is 4.71. The number of halogens is 2. The Morgan fingerprint density at radius 3 is 2.44 bits per heavy atom. The van der Waals surface area contributed by atoms with Gasteiger partial charge < -0.3 is 4.74 Å². The number of allylic oxidation sites excluding steroid dienone is 1. The fourth-order valence-corrected chi connectivity index (χ4v) is 1.33. The summed E-state index contributed by atoms with van der Waals surface area (Å²) in [6.07, 6.45) is 2.82. The molecular weight excluding hydrogens is 249 g/mol. The van der Waals surface area contributed by atoms with E-state index in [4.69, 9.17) is 33.2 Å². The number of esters is 1. The summed E-state index contributed by atoms with van der Waals surface area (Å²) < 4.78 is 4.89. The Labute approximate surface area is 106 Å². The molecule has 0 spiro atoms. The van der Waals surface area contributed by atoms with Crippen LogP contribution in [0.1, 0.15) is 20.8 Å². The Kier molecular flexibility index (Phi) is 6.47. The molecule has 0 heterocycles. The summed E-state index contributed by atoms with van der Waals surface area (Å²) in [6.45, 7) is 5.45. The Hall–Kier alpha value is -0.720. The van der Waals surface area contributed by atoms with Gasteiger partial charge in [0.15, 0.2) is 5.41 Å². The number of nitriles is 1. The van der Waals surface area contributed by atoms with Crippen LogP contribution in [0.25, 0.3) is 0 Å². The molecule has 0 aromatic rings. The molecule has 5 heteroatoms. The third-order valence-corrected chi connectivity index (χ3v) is 2.50. The zero-order valence-electron chi connectivity index (χ0n) is 9.54. The minimum Gasteiger partial charge on any atom is -0.465 e. The maximum Gasteiger partial charge on any atom is 0.330 e.